The lowest BCUT2D eigenvalue weighted by Crippen LogP contribution is -3.00. The lowest BCUT2D eigenvalue weighted by Gasteiger charge is -2.41. The molecule has 1 fully saturated rings. The Balaban J connectivity index is 0.00000372. The number of anilines is 1. The molecule has 0 saturated carbocycles. The second kappa shape index (κ2) is 12.3. The predicted molar refractivity (Wildman–Crippen MR) is 164 cm³/mol. The second-order valence-corrected chi connectivity index (χ2v) is 12.7. The number of ether oxygens (including phenoxy) is 1. The summed E-state index contributed by atoms with van der Waals surface area (Å²) in [5.74, 6) is 0.953. The Morgan fingerprint density at radius 2 is 1.93 bits per heavy atom. The summed E-state index contributed by atoms with van der Waals surface area (Å²) in [6.45, 7) is 5.43. The Morgan fingerprint density at radius 3 is 2.65 bits per heavy atom. The van der Waals surface area contributed by atoms with E-state index in [1.807, 2.05) is 16.4 Å². The van der Waals surface area contributed by atoms with Gasteiger partial charge in [-0.25, -0.2) is 9.37 Å². The Morgan fingerprint density at radius 1 is 1.20 bits per heavy atom. The SMILES string of the molecule is C[C@H]1COc2c(N3CC[N+](C)(C)CC3)c(F)cc3c(=O)c(-c4nc(SCc5nnc(-c6ccc([N+](=O)[O-])cc6)o5)n[nH]4)cn1c23.[I-]. The number of non-ortho nitro benzene ring substituents is 1. The van der Waals surface area contributed by atoms with Crippen molar-refractivity contribution in [3.63, 3.8) is 0 Å². The molecular weight excluding hydrogens is 732 g/mol. The number of H-pyrrole nitrogens is 1. The number of thioether (sulfide) groups is 1. The molecule has 5 heterocycles. The van der Waals surface area contributed by atoms with Crippen molar-refractivity contribution < 1.29 is 46.9 Å². The summed E-state index contributed by atoms with van der Waals surface area (Å²) in [6.07, 6.45) is 1.74. The van der Waals surface area contributed by atoms with Gasteiger partial charge in [0, 0.05) is 23.9 Å². The first-order valence-electron chi connectivity index (χ1n) is 14.3. The van der Waals surface area contributed by atoms with Crippen molar-refractivity contribution in [2.24, 2.45) is 0 Å². The third-order valence-corrected chi connectivity index (χ3v) is 9.08. The van der Waals surface area contributed by atoms with Crippen LogP contribution in [0, 0.1) is 15.9 Å². The standard InChI is InChI=1S/C29H29FN9O5S.HI/c1-16-14-43-26-23-19(12-21(30)24(26)36-8-10-39(2,3)11-9-36)25(40)20(13-37(16)23)27-31-29(35-33-27)45-15-22-32-34-28(44-22)17-4-6-18(7-5-17)38(41)42;/h4-7,12-13,16H,8-11,14-15H2,1-3H3,(H,31,33,35);1H/q+1;/p-1/t16-;/m0./s1. The summed E-state index contributed by atoms with van der Waals surface area (Å²) in [6, 6.07) is 7.02. The Kier molecular flexibility index (Phi) is 8.49. The van der Waals surface area contributed by atoms with Gasteiger partial charge in [0.25, 0.3) is 5.69 Å². The molecular formula is C29H29FIN9O5S. The van der Waals surface area contributed by atoms with Crippen LogP contribution in [-0.2, 0) is 5.75 Å². The van der Waals surface area contributed by atoms with Gasteiger partial charge in [0.05, 0.1) is 73.5 Å². The van der Waals surface area contributed by atoms with Crippen molar-refractivity contribution in [2.75, 3.05) is 51.8 Å². The van der Waals surface area contributed by atoms with Crippen molar-refractivity contribution >= 4 is 34.0 Å². The summed E-state index contributed by atoms with van der Waals surface area (Å²) in [7, 11) is 4.32. The van der Waals surface area contributed by atoms with Crippen LogP contribution in [0.4, 0.5) is 15.8 Å². The van der Waals surface area contributed by atoms with E-state index in [0.717, 1.165) is 17.6 Å². The number of piperazine rings is 1. The zero-order valence-electron chi connectivity index (χ0n) is 25.1. The monoisotopic (exact) mass is 761 g/mol. The smallest absolute Gasteiger partial charge is 0.269 e. The maximum absolute atomic E-state index is 15.8. The van der Waals surface area contributed by atoms with Crippen LogP contribution < -0.4 is 39.0 Å². The average molecular weight is 762 g/mol. The largest absolute Gasteiger partial charge is 1.00 e. The number of nitrogens with zero attached hydrogens (tertiary/aromatic N) is 8. The maximum Gasteiger partial charge on any atom is 0.269 e. The fourth-order valence-electron chi connectivity index (χ4n) is 5.62. The third kappa shape index (κ3) is 5.81. The summed E-state index contributed by atoms with van der Waals surface area (Å²) >= 11 is 1.22. The Bertz CT molecular complexity index is 2000. The molecule has 14 nitrogen and oxygen atoms in total. The van der Waals surface area contributed by atoms with Gasteiger partial charge in [-0.3, -0.25) is 20.0 Å². The second-order valence-electron chi connectivity index (χ2n) is 11.8. The van der Waals surface area contributed by atoms with E-state index >= 15 is 4.39 Å². The first kappa shape index (κ1) is 31.9. The van der Waals surface area contributed by atoms with Gasteiger partial charge < -0.3 is 47.1 Å². The molecule has 0 spiro atoms. The summed E-state index contributed by atoms with van der Waals surface area (Å²) in [5, 5.41) is 26.6. The fraction of sp³-hybridized carbons (Fsp3) is 0.345. The molecule has 1 atom stereocenters. The zero-order valence-corrected chi connectivity index (χ0v) is 28.0. The molecule has 0 bridgehead atoms. The molecule has 46 heavy (non-hydrogen) atoms. The van der Waals surface area contributed by atoms with Crippen molar-refractivity contribution in [3.8, 4) is 28.6 Å². The summed E-state index contributed by atoms with van der Waals surface area (Å²) in [5.41, 5.74) is 1.39. The van der Waals surface area contributed by atoms with E-state index in [-0.39, 0.29) is 69.6 Å². The van der Waals surface area contributed by atoms with E-state index in [2.05, 4.69) is 39.5 Å². The lowest BCUT2D eigenvalue weighted by molar-refractivity contribution is -0.890. The number of aromatic amines is 1. The van der Waals surface area contributed by atoms with Gasteiger partial charge in [0.2, 0.25) is 22.4 Å². The quantitative estimate of drug-likeness (QED) is 0.0831. The third-order valence-electron chi connectivity index (χ3n) is 8.25. The first-order valence-corrected chi connectivity index (χ1v) is 15.3. The Labute approximate surface area is 282 Å². The number of hydrogen-bond acceptors (Lipinski definition) is 11. The van der Waals surface area contributed by atoms with E-state index in [4.69, 9.17) is 9.15 Å². The topological polar surface area (TPSA) is 158 Å². The molecule has 0 radical (unpaired) electrons. The van der Waals surface area contributed by atoms with Gasteiger partial charge in [-0.1, -0.05) is 11.8 Å². The van der Waals surface area contributed by atoms with Crippen LogP contribution in [0.3, 0.4) is 0 Å². The number of halogens is 2. The molecule has 0 amide bonds. The molecule has 2 aromatic carbocycles. The minimum atomic E-state index is -0.485. The van der Waals surface area contributed by atoms with Crippen molar-refractivity contribution in [3.05, 3.63) is 68.6 Å². The highest BCUT2D eigenvalue weighted by Gasteiger charge is 2.33. The maximum atomic E-state index is 15.8. The zero-order chi connectivity index (χ0) is 31.5. The van der Waals surface area contributed by atoms with Crippen LogP contribution in [0.2, 0.25) is 0 Å². The number of nitro groups is 1. The highest BCUT2D eigenvalue weighted by atomic mass is 127. The molecule has 5 aromatic rings. The molecule has 1 N–H and O–H groups in total. The summed E-state index contributed by atoms with van der Waals surface area (Å²) < 4.78 is 30.4. The van der Waals surface area contributed by atoms with Crippen molar-refractivity contribution in [2.45, 2.75) is 23.9 Å². The number of nitro benzene ring substituents is 1. The van der Waals surface area contributed by atoms with Crippen LogP contribution in [0.25, 0.3) is 33.7 Å². The molecule has 0 unspecified atom stereocenters. The van der Waals surface area contributed by atoms with E-state index in [1.54, 1.807) is 6.20 Å². The minimum Gasteiger partial charge on any atom is -1.00 e. The van der Waals surface area contributed by atoms with Gasteiger partial charge in [-0.2, -0.15) is 0 Å². The van der Waals surface area contributed by atoms with E-state index in [0.29, 0.717) is 53.3 Å². The van der Waals surface area contributed by atoms with Gasteiger partial charge in [-0.15, -0.1) is 15.3 Å². The molecule has 240 valence electrons. The highest BCUT2D eigenvalue weighted by Crippen LogP contribution is 2.42. The van der Waals surface area contributed by atoms with Crippen molar-refractivity contribution in [1.29, 1.82) is 0 Å². The van der Waals surface area contributed by atoms with Gasteiger partial charge in [-0.05, 0) is 25.1 Å². The van der Waals surface area contributed by atoms with Gasteiger partial charge >= 0.3 is 0 Å². The normalized spacial score (nSPS) is 17.0. The van der Waals surface area contributed by atoms with Crippen LogP contribution in [0.1, 0.15) is 18.9 Å². The molecule has 7 rings (SSSR count). The fourth-order valence-corrected chi connectivity index (χ4v) is 6.25. The molecule has 2 aliphatic rings. The number of likely N-dealkylation sites (N-methyl/N-ethyl adjacent to an activating group) is 1. The van der Waals surface area contributed by atoms with Crippen LogP contribution in [-0.4, -0.2) is 86.2 Å². The minimum absolute atomic E-state index is 0. The van der Waals surface area contributed by atoms with E-state index < -0.39 is 10.7 Å². The van der Waals surface area contributed by atoms with Crippen molar-refractivity contribution in [1.82, 2.24) is 29.9 Å². The highest BCUT2D eigenvalue weighted by molar-refractivity contribution is 7.98. The number of pyridine rings is 1. The number of hydrogen-bond donors (Lipinski definition) is 1. The number of quaternary nitrogens is 1. The number of benzene rings is 2. The van der Waals surface area contributed by atoms with E-state index in [1.165, 1.54) is 42.1 Å². The molecule has 0 aliphatic carbocycles. The number of aromatic nitrogens is 6. The van der Waals surface area contributed by atoms with E-state index in [9.17, 15) is 14.9 Å². The molecule has 1 saturated heterocycles. The number of rotatable bonds is 7. The van der Waals surface area contributed by atoms with Gasteiger partial charge in [0.1, 0.15) is 12.3 Å². The van der Waals surface area contributed by atoms with Gasteiger partial charge in [0.15, 0.2) is 17.4 Å². The average Bonchev–Trinajstić information content (AvgIpc) is 3.69. The predicted octanol–water partition coefficient (Wildman–Crippen LogP) is 1.03. The Hall–Kier alpha value is -4.10. The van der Waals surface area contributed by atoms with Crippen LogP contribution in [0.15, 0.2) is 50.9 Å². The summed E-state index contributed by atoms with van der Waals surface area (Å²) in [4.78, 5) is 30.7. The molecule has 3 aromatic heterocycles. The molecule has 2 aliphatic heterocycles. The number of nitrogens with one attached hydrogen (secondary N) is 1. The van der Waals surface area contributed by atoms with Crippen LogP contribution >= 0.6 is 11.8 Å². The molecule has 17 heteroatoms. The van der Waals surface area contributed by atoms with Crippen LogP contribution in [0.5, 0.6) is 5.75 Å². The lowest BCUT2D eigenvalue weighted by atomic mass is 10.0. The first-order chi connectivity index (χ1) is 21.6.